The lowest BCUT2D eigenvalue weighted by molar-refractivity contribution is -0.129. The zero-order chi connectivity index (χ0) is 14.7. The Bertz CT molecular complexity index is 655. The van der Waals surface area contributed by atoms with Crippen LogP contribution in [0.1, 0.15) is 10.4 Å². The van der Waals surface area contributed by atoms with Crippen molar-refractivity contribution in [1.82, 2.24) is 20.2 Å². The van der Waals surface area contributed by atoms with E-state index < -0.39 is 0 Å². The van der Waals surface area contributed by atoms with Crippen molar-refractivity contribution in [2.45, 2.75) is 0 Å². The van der Waals surface area contributed by atoms with Crippen molar-refractivity contribution < 1.29 is 9.59 Å². The molecule has 21 heavy (non-hydrogen) atoms. The number of imide groups is 1. The fourth-order valence-electron chi connectivity index (χ4n) is 2.22. The lowest BCUT2D eigenvalue weighted by atomic mass is 10.1. The van der Waals surface area contributed by atoms with Crippen molar-refractivity contribution in [2.24, 2.45) is 0 Å². The van der Waals surface area contributed by atoms with Crippen LogP contribution in [0, 0.1) is 0 Å². The molecule has 0 saturated carbocycles. The highest BCUT2D eigenvalue weighted by Crippen LogP contribution is 2.17. The first-order chi connectivity index (χ1) is 10.3. The van der Waals surface area contributed by atoms with E-state index in [0.717, 1.165) is 11.3 Å². The van der Waals surface area contributed by atoms with Gasteiger partial charge in [-0.1, -0.05) is 12.1 Å². The summed E-state index contributed by atoms with van der Waals surface area (Å²) in [7, 11) is 0. The molecule has 1 fully saturated rings. The van der Waals surface area contributed by atoms with E-state index in [9.17, 15) is 9.59 Å². The van der Waals surface area contributed by atoms with Crippen molar-refractivity contribution in [1.29, 1.82) is 0 Å². The number of benzene rings is 1. The zero-order valence-electron chi connectivity index (χ0n) is 11.3. The van der Waals surface area contributed by atoms with Gasteiger partial charge in [0, 0.05) is 30.4 Å². The van der Waals surface area contributed by atoms with Crippen LogP contribution in [0.2, 0.25) is 0 Å². The number of nitrogens with one attached hydrogen (secondary N) is 1. The largest absolute Gasteiger partial charge is 0.307 e. The fraction of sp³-hybridized carbons (Fsp3) is 0.200. The Balaban J connectivity index is 1.81. The van der Waals surface area contributed by atoms with Crippen LogP contribution in [0.5, 0.6) is 0 Å². The van der Waals surface area contributed by atoms with Gasteiger partial charge in [-0.25, -0.2) is 9.97 Å². The van der Waals surface area contributed by atoms with Crippen molar-refractivity contribution >= 4 is 11.8 Å². The third-order valence-corrected chi connectivity index (χ3v) is 3.34. The van der Waals surface area contributed by atoms with Gasteiger partial charge in [0.1, 0.15) is 6.33 Å². The van der Waals surface area contributed by atoms with Gasteiger partial charge >= 0.3 is 0 Å². The molecule has 1 aromatic carbocycles. The van der Waals surface area contributed by atoms with Crippen LogP contribution in [-0.4, -0.2) is 46.3 Å². The SMILES string of the molecule is O=C1CNCCN1C(=O)c1ccc(-c2ccncn2)cc1. The number of carbonyl (C=O) groups excluding carboxylic acids is 2. The predicted molar refractivity (Wildman–Crippen MR) is 76.4 cm³/mol. The Morgan fingerprint density at radius 3 is 2.67 bits per heavy atom. The Morgan fingerprint density at radius 2 is 2.00 bits per heavy atom. The molecule has 1 saturated heterocycles. The lowest BCUT2D eigenvalue weighted by Crippen LogP contribution is -2.50. The highest BCUT2D eigenvalue weighted by Gasteiger charge is 2.24. The molecule has 1 aliphatic heterocycles. The highest BCUT2D eigenvalue weighted by atomic mass is 16.2. The molecule has 1 N–H and O–H groups in total. The van der Waals surface area contributed by atoms with Crippen LogP contribution in [0.25, 0.3) is 11.3 Å². The summed E-state index contributed by atoms with van der Waals surface area (Å²) in [5, 5.41) is 2.94. The van der Waals surface area contributed by atoms with Crippen molar-refractivity contribution in [2.75, 3.05) is 19.6 Å². The van der Waals surface area contributed by atoms with Gasteiger partial charge in [0.15, 0.2) is 0 Å². The van der Waals surface area contributed by atoms with E-state index in [1.807, 2.05) is 12.1 Å². The van der Waals surface area contributed by atoms with Crippen LogP contribution in [0.15, 0.2) is 42.9 Å². The first-order valence-corrected chi connectivity index (χ1v) is 6.67. The maximum atomic E-state index is 12.3. The van der Waals surface area contributed by atoms with Crippen LogP contribution >= 0.6 is 0 Å². The second-order valence-corrected chi connectivity index (χ2v) is 4.70. The number of amides is 2. The average Bonchev–Trinajstić information content (AvgIpc) is 2.56. The summed E-state index contributed by atoms with van der Waals surface area (Å²) in [6, 6.07) is 8.88. The molecule has 2 heterocycles. The van der Waals surface area contributed by atoms with Gasteiger partial charge in [0.25, 0.3) is 5.91 Å². The highest BCUT2D eigenvalue weighted by molar-refractivity contribution is 6.05. The Kier molecular flexibility index (Phi) is 3.70. The number of piperazine rings is 1. The smallest absolute Gasteiger partial charge is 0.260 e. The summed E-state index contributed by atoms with van der Waals surface area (Å²) in [4.78, 5) is 33.3. The molecule has 3 rings (SSSR count). The summed E-state index contributed by atoms with van der Waals surface area (Å²) in [5.74, 6) is -0.443. The molecule has 1 aromatic heterocycles. The van der Waals surface area contributed by atoms with E-state index in [1.54, 1.807) is 24.4 Å². The van der Waals surface area contributed by atoms with Gasteiger partial charge in [-0.2, -0.15) is 0 Å². The summed E-state index contributed by atoms with van der Waals surface area (Å²) < 4.78 is 0. The number of aromatic nitrogens is 2. The maximum absolute atomic E-state index is 12.3. The molecule has 1 aliphatic rings. The third-order valence-electron chi connectivity index (χ3n) is 3.34. The van der Waals surface area contributed by atoms with Gasteiger partial charge in [0.05, 0.1) is 12.2 Å². The molecule has 0 radical (unpaired) electrons. The molecule has 106 valence electrons. The molecule has 0 aliphatic carbocycles. The molecule has 2 amide bonds. The Hall–Kier alpha value is -2.60. The lowest BCUT2D eigenvalue weighted by Gasteiger charge is -2.25. The fourth-order valence-corrected chi connectivity index (χ4v) is 2.22. The molecule has 6 nitrogen and oxygen atoms in total. The molecular formula is C15H14N4O2. The summed E-state index contributed by atoms with van der Waals surface area (Å²) in [5.41, 5.74) is 2.20. The second-order valence-electron chi connectivity index (χ2n) is 4.70. The van der Waals surface area contributed by atoms with Gasteiger partial charge < -0.3 is 5.32 Å². The molecule has 0 atom stereocenters. The van der Waals surface area contributed by atoms with Crippen LogP contribution in [-0.2, 0) is 4.79 Å². The van der Waals surface area contributed by atoms with E-state index in [0.29, 0.717) is 18.7 Å². The zero-order valence-corrected chi connectivity index (χ0v) is 11.3. The first kappa shape index (κ1) is 13.4. The summed E-state index contributed by atoms with van der Waals surface area (Å²) in [6.07, 6.45) is 3.15. The van der Waals surface area contributed by atoms with Crippen LogP contribution in [0.4, 0.5) is 0 Å². The number of nitrogens with zero attached hydrogens (tertiary/aromatic N) is 3. The summed E-state index contributed by atoms with van der Waals surface area (Å²) >= 11 is 0. The van der Waals surface area contributed by atoms with E-state index in [-0.39, 0.29) is 18.4 Å². The Labute approximate surface area is 121 Å². The maximum Gasteiger partial charge on any atom is 0.260 e. The number of hydrogen-bond acceptors (Lipinski definition) is 5. The molecule has 0 bridgehead atoms. The number of hydrogen-bond donors (Lipinski definition) is 1. The first-order valence-electron chi connectivity index (χ1n) is 6.67. The van der Waals surface area contributed by atoms with E-state index >= 15 is 0 Å². The van der Waals surface area contributed by atoms with Crippen molar-refractivity contribution in [3.05, 3.63) is 48.4 Å². The van der Waals surface area contributed by atoms with E-state index in [1.165, 1.54) is 11.2 Å². The molecule has 6 heteroatoms. The number of rotatable bonds is 2. The van der Waals surface area contributed by atoms with Gasteiger partial charge in [-0.3, -0.25) is 14.5 Å². The molecule has 0 spiro atoms. The molecular weight excluding hydrogens is 268 g/mol. The van der Waals surface area contributed by atoms with Crippen molar-refractivity contribution in [3.63, 3.8) is 0 Å². The van der Waals surface area contributed by atoms with Crippen LogP contribution < -0.4 is 5.32 Å². The predicted octanol–water partition coefficient (Wildman–Crippen LogP) is 0.716. The van der Waals surface area contributed by atoms with Gasteiger partial charge in [-0.15, -0.1) is 0 Å². The monoisotopic (exact) mass is 282 g/mol. The Morgan fingerprint density at radius 1 is 1.19 bits per heavy atom. The van der Waals surface area contributed by atoms with E-state index in [2.05, 4.69) is 15.3 Å². The average molecular weight is 282 g/mol. The number of carbonyl (C=O) groups is 2. The van der Waals surface area contributed by atoms with E-state index in [4.69, 9.17) is 0 Å². The van der Waals surface area contributed by atoms with Gasteiger partial charge in [0.2, 0.25) is 5.91 Å². The normalized spacial score (nSPS) is 15.0. The minimum Gasteiger partial charge on any atom is -0.307 e. The minimum absolute atomic E-state index is 0.189. The second kappa shape index (κ2) is 5.80. The quantitative estimate of drug-likeness (QED) is 0.821. The third kappa shape index (κ3) is 2.80. The summed E-state index contributed by atoms with van der Waals surface area (Å²) in [6.45, 7) is 1.26. The van der Waals surface area contributed by atoms with Crippen LogP contribution in [0.3, 0.4) is 0 Å². The molecule has 0 unspecified atom stereocenters. The standard InChI is InChI=1S/C15H14N4O2/c20-14-9-16-7-8-19(14)15(21)12-3-1-11(2-4-12)13-5-6-17-10-18-13/h1-6,10,16H,7-9H2. The van der Waals surface area contributed by atoms with Gasteiger partial charge in [-0.05, 0) is 18.2 Å². The minimum atomic E-state index is -0.254. The van der Waals surface area contributed by atoms with Crippen molar-refractivity contribution in [3.8, 4) is 11.3 Å². The molecule has 2 aromatic rings. The topological polar surface area (TPSA) is 75.2 Å².